The molecule has 0 aromatic rings. The zero-order valence-corrected chi connectivity index (χ0v) is 14.2. The van der Waals surface area contributed by atoms with Crippen molar-refractivity contribution in [3.05, 3.63) is 24.3 Å². The van der Waals surface area contributed by atoms with Gasteiger partial charge in [-0.2, -0.15) is 0 Å². The number of hydrogen-bond acceptors (Lipinski definition) is 7. The van der Waals surface area contributed by atoms with Gasteiger partial charge >= 0.3 is 75.3 Å². The van der Waals surface area contributed by atoms with Crippen LogP contribution in [0, 0.1) is 0 Å². The van der Waals surface area contributed by atoms with E-state index in [4.69, 9.17) is 10.2 Å². The molecule has 0 aliphatic heterocycles. The third-order valence-corrected chi connectivity index (χ3v) is 1.13. The molecule has 0 unspecified atom stereocenters. The Hall–Kier alpha value is -1.04. The SMILES string of the molecule is COC(=O)/C=C\C(=O)O.COC(=O)/C=C\C(=O)O.[K+].[OH-]. The van der Waals surface area contributed by atoms with E-state index in [1.54, 1.807) is 0 Å². The van der Waals surface area contributed by atoms with Crippen LogP contribution in [0.5, 0.6) is 0 Å². The Morgan fingerprint density at radius 3 is 1.15 bits per heavy atom. The third-order valence-electron chi connectivity index (χ3n) is 1.13. The van der Waals surface area contributed by atoms with Crippen molar-refractivity contribution in [3.8, 4) is 0 Å². The summed E-state index contributed by atoms with van der Waals surface area (Å²) in [7, 11) is 2.35. The number of ether oxygens (including phenoxy) is 2. The fourth-order valence-corrected chi connectivity index (χ4v) is 0.415. The number of carboxylic acid groups (broad SMARTS) is 2. The Morgan fingerprint density at radius 2 is 1.00 bits per heavy atom. The van der Waals surface area contributed by atoms with Crippen LogP contribution in [0.15, 0.2) is 24.3 Å². The van der Waals surface area contributed by atoms with Gasteiger partial charge in [-0.25, -0.2) is 19.2 Å². The molecular formula is C10H13KO9. The van der Waals surface area contributed by atoms with Crippen LogP contribution in [-0.2, 0) is 28.7 Å². The van der Waals surface area contributed by atoms with Crippen LogP contribution in [0.25, 0.3) is 0 Å². The number of rotatable bonds is 4. The summed E-state index contributed by atoms with van der Waals surface area (Å²) in [6, 6.07) is 0. The van der Waals surface area contributed by atoms with Gasteiger partial charge in [-0.3, -0.25) is 0 Å². The summed E-state index contributed by atoms with van der Waals surface area (Å²) in [5.74, 6) is -3.67. The van der Waals surface area contributed by atoms with Crippen LogP contribution in [-0.4, -0.2) is 53.8 Å². The quantitative estimate of drug-likeness (QED) is 0.304. The van der Waals surface area contributed by atoms with Crippen LogP contribution in [0.1, 0.15) is 0 Å². The zero-order chi connectivity index (χ0) is 14.6. The summed E-state index contributed by atoms with van der Waals surface area (Å²) in [5.41, 5.74) is 0. The third kappa shape index (κ3) is 25.7. The first-order chi connectivity index (χ1) is 8.33. The first-order valence-corrected chi connectivity index (χ1v) is 4.31. The molecule has 0 aromatic carbocycles. The van der Waals surface area contributed by atoms with Gasteiger partial charge in [-0.1, -0.05) is 0 Å². The molecule has 0 saturated heterocycles. The van der Waals surface area contributed by atoms with Gasteiger partial charge in [-0.05, 0) is 0 Å². The van der Waals surface area contributed by atoms with E-state index in [1.807, 2.05) is 0 Å². The Morgan fingerprint density at radius 1 is 0.750 bits per heavy atom. The summed E-state index contributed by atoms with van der Waals surface area (Å²) in [6.45, 7) is 0. The van der Waals surface area contributed by atoms with Crippen molar-refractivity contribution in [1.29, 1.82) is 0 Å². The molecule has 3 N–H and O–H groups in total. The standard InChI is InChI=1S/2C5H6O4.K.H2O/c2*1-9-5(8)3-2-4(6)7;;/h2*2-3H,1H3,(H,6,7);;1H2/q;;+1;/p-1/b2*3-2-;;. The van der Waals surface area contributed by atoms with Gasteiger partial charge in [0.05, 0.1) is 14.2 Å². The maximum absolute atomic E-state index is 10.1. The van der Waals surface area contributed by atoms with Crippen LogP contribution < -0.4 is 51.4 Å². The molecule has 20 heavy (non-hydrogen) atoms. The smallest absolute Gasteiger partial charge is 0.870 e. The van der Waals surface area contributed by atoms with E-state index in [2.05, 4.69) is 9.47 Å². The van der Waals surface area contributed by atoms with Gasteiger partial charge in [-0.15, -0.1) is 0 Å². The second kappa shape index (κ2) is 18.0. The van der Waals surface area contributed by atoms with Gasteiger partial charge in [0.1, 0.15) is 0 Å². The average Bonchev–Trinajstić information content (AvgIpc) is 2.33. The van der Waals surface area contributed by atoms with Crippen LogP contribution in [0.2, 0.25) is 0 Å². The van der Waals surface area contributed by atoms with E-state index in [0.29, 0.717) is 12.2 Å². The molecule has 10 heteroatoms. The minimum absolute atomic E-state index is 0. The Bertz CT molecular complexity index is 337. The van der Waals surface area contributed by atoms with Crippen molar-refractivity contribution in [2.45, 2.75) is 0 Å². The predicted octanol–water partition coefficient (Wildman–Crippen LogP) is -3.57. The molecule has 0 atom stereocenters. The first-order valence-electron chi connectivity index (χ1n) is 4.31. The van der Waals surface area contributed by atoms with E-state index in [9.17, 15) is 19.2 Å². The number of aliphatic carboxylic acids is 2. The van der Waals surface area contributed by atoms with E-state index < -0.39 is 23.9 Å². The van der Waals surface area contributed by atoms with Crippen molar-refractivity contribution in [2.75, 3.05) is 14.2 Å². The van der Waals surface area contributed by atoms with Gasteiger partial charge in [0.25, 0.3) is 0 Å². The van der Waals surface area contributed by atoms with Crippen molar-refractivity contribution in [3.63, 3.8) is 0 Å². The van der Waals surface area contributed by atoms with Crippen molar-refractivity contribution < 1.29 is 95.7 Å². The molecular weight excluding hydrogens is 303 g/mol. The Kier molecular flexibility index (Phi) is 24.5. The molecule has 0 fully saturated rings. The summed E-state index contributed by atoms with van der Waals surface area (Å²) in [5, 5.41) is 15.9. The van der Waals surface area contributed by atoms with Crippen molar-refractivity contribution in [1.82, 2.24) is 0 Å². The molecule has 0 bridgehead atoms. The number of carboxylic acids is 2. The molecule has 0 aliphatic rings. The zero-order valence-electron chi connectivity index (χ0n) is 11.1. The molecule has 0 saturated carbocycles. The minimum atomic E-state index is -1.17. The normalized spacial score (nSPS) is 8.50. The number of methoxy groups -OCH3 is 2. The van der Waals surface area contributed by atoms with E-state index in [0.717, 1.165) is 12.2 Å². The number of carbonyl (C=O) groups is 4. The fraction of sp³-hybridized carbons (Fsp3) is 0.200. The monoisotopic (exact) mass is 316 g/mol. The average molecular weight is 316 g/mol. The van der Waals surface area contributed by atoms with Gasteiger partial charge in [0.2, 0.25) is 0 Å². The van der Waals surface area contributed by atoms with Gasteiger partial charge in [0.15, 0.2) is 0 Å². The summed E-state index contributed by atoms with van der Waals surface area (Å²) < 4.78 is 8.22. The Labute approximate surface area is 157 Å². The van der Waals surface area contributed by atoms with E-state index in [1.165, 1.54) is 14.2 Å². The second-order valence-electron chi connectivity index (χ2n) is 2.39. The number of esters is 2. The first kappa shape index (κ1) is 27.3. The van der Waals surface area contributed by atoms with Gasteiger partial charge in [0, 0.05) is 24.3 Å². The molecule has 0 rings (SSSR count). The maximum atomic E-state index is 10.1. The molecule has 108 valence electrons. The van der Waals surface area contributed by atoms with E-state index >= 15 is 0 Å². The fourth-order valence-electron chi connectivity index (χ4n) is 0.415. The second-order valence-corrected chi connectivity index (χ2v) is 2.39. The molecule has 0 radical (unpaired) electrons. The van der Waals surface area contributed by atoms with Crippen LogP contribution >= 0.6 is 0 Å². The Balaban J connectivity index is -0.000000116. The molecule has 0 aliphatic carbocycles. The molecule has 0 aromatic heterocycles. The summed E-state index contributed by atoms with van der Waals surface area (Å²) in [4.78, 5) is 39.7. The maximum Gasteiger partial charge on any atom is 1.00 e. The predicted molar refractivity (Wildman–Crippen MR) is 59.5 cm³/mol. The number of carbonyl (C=O) groups excluding carboxylic acids is 2. The molecule has 9 nitrogen and oxygen atoms in total. The molecule has 0 amide bonds. The minimum Gasteiger partial charge on any atom is -0.870 e. The number of hydrogen-bond donors (Lipinski definition) is 2. The summed E-state index contributed by atoms with van der Waals surface area (Å²) >= 11 is 0. The van der Waals surface area contributed by atoms with Crippen molar-refractivity contribution in [2.24, 2.45) is 0 Å². The summed E-state index contributed by atoms with van der Waals surface area (Å²) in [6.07, 6.45) is 3.10. The molecule has 0 spiro atoms. The molecule has 0 heterocycles. The van der Waals surface area contributed by atoms with Crippen molar-refractivity contribution >= 4 is 23.9 Å². The van der Waals surface area contributed by atoms with Gasteiger partial charge < -0.3 is 25.2 Å². The van der Waals surface area contributed by atoms with Crippen LogP contribution in [0.3, 0.4) is 0 Å². The van der Waals surface area contributed by atoms with Crippen LogP contribution in [0.4, 0.5) is 0 Å². The van der Waals surface area contributed by atoms with E-state index in [-0.39, 0.29) is 56.9 Å². The largest absolute Gasteiger partial charge is 1.00 e. The topological polar surface area (TPSA) is 157 Å².